The zero-order valence-corrected chi connectivity index (χ0v) is 21.6. The lowest BCUT2D eigenvalue weighted by Gasteiger charge is -2.18. The first-order valence-electron chi connectivity index (χ1n) is 12.2. The first-order chi connectivity index (χ1) is 19.9. The summed E-state index contributed by atoms with van der Waals surface area (Å²) < 4.78 is 0. The van der Waals surface area contributed by atoms with Gasteiger partial charge in [-0.2, -0.15) is 0 Å². The van der Waals surface area contributed by atoms with Gasteiger partial charge in [0.05, 0.1) is 0 Å². The van der Waals surface area contributed by atoms with Gasteiger partial charge < -0.3 is 30.6 Å². The standard InChI is InChI=1S/C32H22O10/c33-25-15-19(5-11-29(39)40)23-13-17(3-9-27(35)36)1-7-21(23)31(25)32-22-8-2-18(4-10-28(37)38)14-24(22)20(16-26(32)34)6-12-30(41)42/h1-16,33-34H,(H,35,36)(H,37,38)(H,39,40)(H,41,42)/b9-3+,10-4+,11-5+,12-6+. The molecule has 0 spiro atoms. The number of fused-ring (bicyclic) bond motifs is 2. The van der Waals surface area contributed by atoms with Crippen LogP contribution in [0.4, 0.5) is 0 Å². The van der Waals surface area contributed by atoms with Gasteiger partial charge in [0.2, 0.25) is 0 Å². The number of phenolic OH excluding ortho intramolecular Hbond substituents is 2. The Morgan fingerprint density at radius 1 is 0.452 bits per heavy atom. The maximum absolute atomic E-state index is 11.2. The minimum Gasteiger partial charge on any atom is -0.507 e. The average molecular weight is 567 g/mol. The van der Waals surface area contributed by atoms with E-state index in [1.54, 1.807) is 36.4 Å². The highest BCUT2D eigenvalue weighted by molar-refractivity contribution is 6.14. The lowest BCUT2D eigenvalue weighted by atomic mass is 9.87. The van der Waals surface area contributed by atoms with Crippen molar-refractivity contribution in [2.75, 3.05) is 0 Å². The van der Waals surface area contributed by atoms with Crippen molar-refractivity contribution in [3.05, 3.63) is 95.1 Å². The first kappa shape index (κ1) is 28.8. The number of aromatic hydroxyl groups is 2. The normalized spacial score (nSPS) is 11.9. The molecule has 10 heteroatoms. The Balaban J connectivity index is 2.10. The highest BCUT2D eigenvalue weighted by Crippen LogP contribution is 2.47. The minimum atomic E-state index is -1.23. The molecule has 0 saturated heterocycles. The maximum Gasteiger partial charge on any atom is 0.328 e. The van der Waals surface area contributed by atoms with Gasteiger partial charge >= 0.3 is 23.9 Å². The van der Waals surface area contributed by atoms with E-state index in [0.717, 1.165) is 24.3 Å². The van der Waals surface area contributed by atoms with Crippen molar-refractivity contribution in [3.63, 3.8) is 0 Å². The van der Waals surface area contributed by atoms with Crippen LogP contribution in [0.2, 0.25) is 0 Å². The van der Waals surface area contributed by atoms with Gasteiger partial charge in [0.15, 0.2) is 0 Å². The first-order valence-corrected chi connectivity index (χ1v) is 12.2. The second kappa shape index (κ2) is 11.9. The highest BCUT2D eigenvalue weighted by atomic mass is 16.4. The lowest BCUT2D eigenvalue weighted by Crippen LogP contribution is -1.93. The van der Waals surface area contributed by atoms with Gasteiger partial charge in [0, 0.05) is 35.4 Å². The third kappa shape index (κ3) is 6.35. The van der Waals surface area contributed by atoms with E-state index in [4.69, 9.17) is 20.4 Å². The molecule has 0 radical (unpaired) electrons. The molecule has 10 nitrogen and oxygen atoms in total. The zero-order valence-electron chi connectivity index (χ0n) is 21.6. The molecule has 4 aromatic rings. The highest BCUT2D eigenvalue weighted by Gasteiger charge is 2.20. The summed E-state index contributed by atoms with van der Waals surface area (Å²) in [4.78, 5) is 44.5. The number of phenols is 2. The van der Waals surface area contributed by atoms with E-state index in [-0.39, 0.29) is 22.6 Å². The summed E-state index contributed by atoms with van der Waals surface area (Å²) in [6.45, 7) is 0. The largest absolute Gasteiger partial charge is 0.507 e. The van der Waals surface area contributed by atoms with Crippen molar-refractivity contribution in [1.82, 2.24) is 0 Å². The average Bonchev–Trinajstić information content (AvgIpc) is 2.93. The number of benzene rings is 4. The smallest absolute Gasteiger partial charge is 0.328 e. The fraction of sp³-hybridized carbons (Fsp3) is 0. The Morgan fingerprint density at radius 2 is 0.786 bits per heavy atom. The lowest BCUT2D eigenvalue weighted by molar-refractivity contribution is -0.132. The summed E-state index contributed by atoms with van der Waals surface area (Å²) in [7, 11) is 0. The summed E-state index contributed by atoms with van der Waals surface area (Å²) >= 11 is 0. The third-order valence-electron chi connectivity index (χ3n) is 6.24. The Kier molecular flexibility index (Phi) is 8.19. The van der Waals surface area contributed by atoms with E-state index in [1.807, 2.05) is 0 Å². The molecule has 0 fully saturated rings. The van der Waals surface area contributed by atoms with Gasteiger partial charge in [-0.25, -0.2) is 19.2 Å². The monoisotopic (exact) mass is 566 g/mol. The van der Waals surface area contributed by atoms with Crippen LogP contribution in [0.25, 0.3) is 57.0 Å². The van der Waals surface area contributed by atoms with Crippen molar-refractivity contribution < 1.29 is 49.8 Å². The summed E-state index contributed by atoms with van der Waals surface area (Å²) in [5.41, 5.74) is 1.93. The quantitative estimate of drug-likeness (QED) is 0.142. The molecule has 0 aliphatic heterocycles. The summed E-state index contributed by atoms with van der Waals surface area (Å²) in [6, 6.07) is 12.2. The number of hydrogen-bond acceptors (Lipinski definition) is 6. The number of carboxylic acids is 4. The second-order valence-corrected chi connectivity index (χ2v) is 9.02. The number of aliphatic carboxylic acids is 4. The Hall–Kier alpha value is -6.16. The SMILES string of the molecule is O=C(O)/C=C/c1ccc2c(-c3c(O)cc(/C=C/C(=O)O)c4cc(/C=C/C(=O)O)ccc34)c(O)cc(/C=C/C(=O)O)c2c1. The Bertz CT molecular complexity index is 1770. The van der Waals surface area contributed by atoms with Gasteiger partial charge in [-0.15, -0.1) is 0 Å². The van der Waals surface area contributed by atoms with Gasteiger partial charge in [-0.1, -0.05) is 24.3 Å². The topological polar surface area (TPSA) is 190 Å². The summed E-state index contributed by atoms with van der Waals surface area (Å²) in [6.07, 6.45) is 8.90. The molecule has 0 aliphatic rings. The molecule has 0 bridgehead atoms. The number of carbonyl (C=O) groups is 4. The molecule has 6 N–H and O–H groups in total. The fourth-order valence-electron chi connectivity index (χ4n) is 4.57. The van der Waals surface area contributed by atoms with Crippen molar-refractivity contribution >= 4 is 69.7 Å². The molecule has 0 unspecified atom stereocenters. The van der Waals surface area contributed by atoms with Crippen LogP contribution in [0.3, 0.4) is 0 Å². The van der Waals surface area contributed by atoms with E-state index in [9.17, 15) is 29.4 Å². The van der Waals surface area contributed by atoms with Crippen molar-refractivity contribution in [3.8, 4) is 22.6 Å². The third-order valence-corrected chi connectivity index (χ3v) is 6.24. The predicted molar refractivity (Wildman–Crippen MR) is 157 cm³/mol. The van der Waals surface area contributed by atoms with E-state index < -0.39 is 23.9 Å². The molecule has 0 saturated carbocycles. The van der Waals surface area contributed by atoms with E-state index in [1.165, 1.54) is 36.4 Å². The number of hydrogen-bond donors (Lipinski definition) is 6. The molecular weight excluding hydrogens is 544 g/mol. The van der Waals surface area contributed by atoms with Crippen LogP contribution in [0.5, 0.6) is 11.5 Å². The van der Waals surface area contributed by atoms with Gasteiger partial charge in [-0.05, 0) is 92.4 Å². The molecule has 4 rings (SSSR count). The molecule has 0 heterocycles. The van der Waals surface area contributed by atoms with Gasteiger partial charge in [0.1, 0.15) is 11.5 Å². The predicted octanol–water partition coefficient (Wildman–Crippen LogP) is 5.46. The molecule has 210 valence electrons. The van der Waals surface area contributed by atoms with E-state index in [2.05, 4.69) is 0 Å². The van der Waals surface area contributed by atoms with Crippen molar-refractivity contribution in [2.24, 2.45) is 0 Å². The van der Waals surface area contributed by atoms with Crippen molar-refractivity contribution in [1.29, 1.82) is 0 Å². The van der Waals surface area contributed by atoms with Crippen LogP contribution in [0, 0.1) is 0 Å². The fourth-order valence-corrected chi connectivity index (χ4v) is 4.57. The van der Waals surface area contributed by atoms with Crippen LogP contribution >= 0.6 is 0 Å². The van der Waals surface area contributed by atoms with Gasteiger partial charge in [-0.3, -0.25) is 0 Å². The van der Waals surface area contributed by atoms with Crippen LogP contribution in [-0.4, -0.2) is 54.5 Å². The Labute approximate surface area is 237 Å². The van der Waals surface area contributed by atoms with E-state index in [0.29, 0.717) is 43.8 Å². The minimum absolute atomic E-state index is 0.177. The zero-order chi connectivity index (χ0) is 30.6. The van der Waals surface area contributed by atoms with Crippen LogP contribution in [-0.2, 0) is 19.2 Å². The molecule has 42 heavy (non-hydrogen) atoms. The number of rotatable bonds is 9. The van der Waals surface area contributed by atoms with Crippen molar-refractivity contribution in [2.45, 2.75) is 0 Å². The summed E-state index contributed by atoms with van der Waals surface area (Å²) in [5.74, 6) is -5.40. The maximum atomic E-state index is 11.2. The molecular formula is C32H22O10. The van der Waals surface area contributed by atoms with Crippen LogP contribution in [0.1, 0.15) is 22.3 Å². The molecule has 0 aromatic heterocycles. The molecule has 4 aromatic carbocycles. The number of carboxylic acid groups (broad SMARTS) is 4. The molecule has 0 amide bonds. The van der Waals surface area contributed by atoms with Crippen LogP contribution < -0.4 is 0 Å². The molecule has 0 atom stereocenters. The summed E-state index contributed by atoms with van der Waals surface area (Å²) in [5, 5.41) is 60.5. The second-order valence-electron chi connectivity index (χ2n) is 9.02. The Morgan fingerprint density at radius 3 is 1.12 bits per heavy atom. The van der Waals surface area contributed by atoms with E-state index >= 15 is 0 Å². The van der Waals surface area contributed by atoms with Gasteiger partial charge in [0.25, 0.3) is 0 Å². The molecule has 0 aliphatic carbocycles. The van der Waals surface area contributed by atoms with Crippen LogP contribution in [0.15, 0.2) is 72.8 Å².